The molecule has 1 aromatic heterocycles. The molecule has 0 aliphatic carbocycles. The largest absolute Gasteiger partial charge is 0.391 e. The Bertz CT molecular complexity index is 539. The van der Waals surface area contributed by atoms with Gasteiger partial charge in [0.2, 0.25) is 0 Å². The first-order valence-electron chi connectivity index (χ1n) is 5.30. The molecule has 3 nitrogen and oxygen atoms in total. The molecule has 0 saturated heterocycles. The second-order valence-corrected chi connectivity index (χ2v) is 3.98. The van der Waals surface area contributed by atoms with Crippen LogP contribution in [0.5, 0.6) is 0 Å². The first kappa shape index (κ1) is 12.1. The second kappa shape index (κ2) is 4.85. The summed E-state index contributed by atoms with van der Waals surface area (Å²) in [5.74, 6) is -0.349. The smallest absolute Gasteiger partial charge is 0.138 e. The molecule has 0 aliphatic heterocycles. The first-order chi connectivity index (χ1) is 8.17. The molecule has 1 N–H and O–H groups in total. The summed E-state index contributed by atoms with van der Waals surface area (Å²) in [5.41, 5.74) is 1.87. The zero-order valence-corrected chi connectivity index (χ0v) is 10.1. The van der Waals surface area contributed by atoms with Crippen LogP contribution in [0.25, 0.3) is 5.69 Å². The summed E-state index contributed by atoms with van der Waals surface area (Å²) < 4.78 is 14.6. The minimum absolute atomic E-state index is 0.169. The molecule has 0 spiro atoms. The van der Waals surface area contributed by atoms with Crippen LogP contribution in [-0.2, 0) is 13.0 Å². The third-order valence-corrected chi connectivity index (χ3v) is 2.94. The summed E-state index contributed by atoms with van der Waals surface area (Å²) in [6, 6.07) is 6.00. The molecular formula is C12H12ClFN2O. The fourth-order valence-corrected chi connectivity index (χ4v) is 2.00. The van der Waals surface area contributed by atoms with Crippen molar-refractivity contribution in [3.8, 4) is 5.69 Å². The van der Waals surface area contributed by atoms with E-state index in [1.54, 1.807) is 12.1 Å². The molecule has 0 unspecified atom stereocenters. The van der Waals surface area contributed by atoms with Gasteiger partial charge in [0, 0.05) is 5.56 Å². The van der Waals surface area contributed by atoms with Gasteiger partial charge in [-0.15, -0.1) is 0 Å². The molecule has 0 fully saturated rings. The fourth-order valence-electron chi connectivity index (χ4n) is 1.69. The Morgan fingerprint density at radius 1 is 1.47 bits per heavy atom. The van der Waals surface area contributed by atoms with Gasteiger partial charge in [-0.1, -0.05) is 24.6 Å². The van der Waals surface area contributed by atoms with Crippen molar-refractivity contribution in [2.75, 3.05) is 0 Å². The van der Waals surface area contributed by atoms with Crippen molar-refractivity contribution in [2.45, 2.75) is 20.0 Å². The highest BCUT2D eigenvalue weighted by molar-refractivity contribution is 6.30. The van der Waals surface area contributed by atoms with E-state index in [2.05, 4.69) is 5.10 Å². The molecule has 0 atom stereocenters. The lowest BCUT2D eigenvalue weighted by Gasteiger charge is -2.02. The lowest BCUT2D eigenvalue weighted by molar-refractivity contribution is 0.281. The molecule has 0 bridgehead atoms. The highest BCUT2D eigenvalue weighted by atomic mass is 35.5. The highest BCUT2D eigenvalue weighted by Crippen LogP contribution is 2.24. The molecule has 2 aromatic rings. The van der Waals surface area contributed by atoms with Crippen LogP contribution in [0.3, 0.4) is 0 Å². The topological polar surface area (TPSA) is 38.0 Å². The van der Waals surface area contributed by atoms with Crippen LogP contribution in [0, 0.1) is 5.82 Å². The number of aryl methyl sites for hydroxylation is 1. The molecule has 0 saturated carbocycles. The Morgan fingerprint density at radius 2 is 2.24 bits per heavy atom. The maximum Gasteiger partial charge on any atom is 0.138 e. The number of aliphatic hydroxyl groups is 1. The van der Waals surface area contributed by atoms with E-state index in [-0.39, 0.29) is 12.4 Å². The zero-order valence-electron chi connectivity index (χ0n) is 9.32. The quantitative estimate of drug-likeness (QED) is 0.915. The molecule has 90 valence electrons. The predicted molar refractivity (Wildman–Crippen MR) is 63.8 cm³/mol. The Labute approximate surface area is 103 Å². The number of aliphatic hydroxyl groups excluding tert-OH is 1. The minimum atomic E-state index is -0.349. The van der Waals surface area contributed by atoms with Crippen molar-refractivity contribution in [1.29, 1.82) is 0 Å². The van der Waals surface area contributed by atoms with Gasteiger partial charge in [-0.3, -0.25) is 0 Å². The maximum absolute atomic E-state index is 13.1. The minimum Gasteiger partial charge on any atom is -0.391 e. The molecule has 17 heavy (non-hydrogen) atoms. The van der Waals surface area contributed by atoms with E-state index in [1.165, 1.54) is 16.8 Å². The van der Waals surface area contributed by atoms with E-state index in [0.29, 0.717) is 22.8 Å². The SMILES string of the molecule is CCc1nn(-c2cccc(F)c2)c(Cl)c1CO. The van der Waals surface area contributed by atoms with E-state index >= 15 is 0 Å². The Hall–Kier alpha value is -1.39. The fraction of sp³-hybridized carbons (Fsp3) is 0.250. The van der Waals surface area contributed by atoms with Gasteiger partial charge in [-0.05, 0) is 24.6 Å². The first-order valence-corrected chi connectivity index (χ1v) is 5.68. The monoisotopic (exact) mass is 254 g/mol. The van der Waals surface area contributed by atoms with E-state index in [0.717, 1.165) is 5.69 Å². The second-order valence-electron chi connectivity index (χ2n) is 3.62. The average molecular weight is 255 g/mol. The number of nitrogens with zero attached hydrogens (tertiary/aromatic N) is 2. The third kappa shape index (κ3) is 2.18. The van der Waals surface area contributed by atoms with Crippen molar-refractivity contribution in [1.82, 2.24) is 9.78 Å². The lowest BCUT2D eigenvalue weighted by Crippen LogP contribution is -1.97. The van der Waals surface area contributed by atoms with Crippen molar-refractivity contribution >= 4 is 11.6 Å². The summed E-state index contributed by atoms with van der Waals surface area (Å²) in [4.78, 5) is 0. The van der Waals surface area contributed by atoms with Gasteiger partial charge in [0.15, 0.2) is 0 Å². The standard InChI is InChI=1S/C12H12ClFN2O/c1-2-11-10(7-17)12(13)16(15-11)9-5-3-4-8(14)6-9/h3-6,17H,2,7H2,1H3. The van der Waals surface area contributed by atoms with Crippen molar-refractivity contribution in [2.24, 2.45) is 0 Å². The van der Waals surface area contributed by atoms with Crippen LogP contribution in [0.1, 0.15) is 18.2 Å². The molecule has 5 heteroatoms. The van der Waals surface area contributed by atoms with Gasteiger partial charge in [-0.2, -0.15) is 5.10 Å². The van der Waals surface area contributed by atoms with Gasteiger partial charge in [-0.25, -0.2) is 9.07 Å². The van der Waals surface area contributed by atoms with Gasteiger partial charge in [0.1, 0.15) is 11.0 Å². The van der Waals surface area contributed by atoms with E-state index in [9.17, 15) is 9.50 Å². The van der Waals surface area contributed by atoms with E-state index < -0.39 is 0 Å². The van der Waals surface area contributed by atoms with Crippen LogP contribution in [0.15, 0.2) is 24.3 Å². The summed E-state index contributed by atoms with van der Waals surface area (Å²) in [6.45, 7) is 1.76. The molecule has 0 amide bonds. The van der Waals surface area contributed by atoms with E-state index in [4.69, 9.17) is 11.6 Å². The Balaban J connectivity index is 2.56. The third-order valence-electron chi connectivity index (χ3n) is 2.55. The molecule has 0 radical (unpaired) electrons. The Kier molecular flexibility index (Phi) is 3.45. The highest BCUT2D eigenvalue weighted by Gasteiger charge is 2.15. The molecule has 2 rings (SSSR count). The molecule has 1 heterocycles. The van der Waals surface area contributed by atoms with Crippen LogP contribution >= 0.6 is 11.6 Å². The van der Waals surface area contributed by atoms with Crippen LogP contribution in [0.2, 0.25) is 5.15 Å². The number of rotatable bonds is 3. The van der Waals surface area contributed by atoms with Gasteiger partial charge >= 0.3 is 0 Å². The Morgan fingerprint density at radius 3 is 2.76 bits per heavy atom. The normalized spacial score (nSPS) is 10.8. The van der Waals surface area contributed by atoms with Gasteiger partial charge in [0.05, 0.1) is 18.0 Å². The van der Waals surface area contributed by atoms with Crippen LogP contribution in [-0.4, -0.2) is 14.9 Å². The van der Waals surface area contributed by atoms with Crippen molar-refractivity contribution in [3.63, 3.8) is 0 Å². The van der Waals surface area contributed by atoms with Crippen molar-refractivity contribution < 1.29 is 9.50 Å². The van der Waals surface area contributed by atoms with E-state index in [1.807, 2.05) is 6.92 Å². The lowest BCUT2D eigenvalue weighted by atomic mass is 10.2. The number of aromatic nitrogens is 2. The number of benzene rings is 1. The summed E-state index contributed by atoms with van der Waals surface area (Å²) in [7, 11) is 0. The molecule has 1 aromatic carbocycles. The average Bonchev–Trinajstić information content (AvgIpc) is 2.65. The van der Waals surface area contributed by atoms with Crippen LogP contribution in [0.4, 0.5) is 4.39 Å². The number of halogens is 2. The number of hydrogen-bond acceptors (Lipinski definition) is 2. The number of hydrogen-bond donors (Lipinski definition) is 1. The zero-order chi connectivity index (χ0) is 12.4. The predicted octanol–water partition coefficient (Wildman–Crippen LogP) is 2.72. The van der Waals surface area contributed by atoms with Gasteiger partial charge < -0.3 is 5.11 Å². The van der Waals surface area contributed by atoms with Crippen molar-refractivity contribution in [3.05, 3.63) is 46.5 Å². The van der Waals surface area contributed by atoms with Gasteiger partial charge in [0.25, 0.3) is 0 Å². The summed E-state index contributed by atoms with van der Waals surface area (Å²) in [6.07, 6.45) is 0.665. The summed E-state index contributed by atoms with van der Waals surface area (Å²) in [5, 5.41) is 13.8. The van der Waals surface area contributed by atoms with Crippen LogP contribution < -0.4 is 0 Å². The maximum atomic E-state index is 13.1. The molecular weight excluding hydrogens is 243 g/mol. The molecule has 0 aliphatic rings. The summed E-state index contributed by atoms with van der Waals surface area (Å²) >= 11 is 6.11.